The van der Waals surface area contributed by atoms with Crippen molar-refractivity contribution in [1.82, 2.24) is 0 Å². The highest BCUT2D eigenvalue weighted by Gasteiger charge is 2.42. The van der Waals surface area contributed by atoms with Crippen LogP contribution in [-0.2, 0) is 9.59 Å². The van der Waals surface area contributed by atoms with Crippen molar-refractivity contribution in [2.45, 2.75) is 32.1 Å². The molecule has 0 radical (unpaired) electrons. The number of ether oxygens (including phenoxy) is 2. The van der Waals surface area contributed by atoms with Crippen LogP contribution in [0.1, 0.15) is 32.1 Å². The van der Waals surface area contributed by atoms with Gasteiger partial charge in [-0.2, -0.15) is 0 Å². The number of anilines is 1. The van der Waals surface area contributed by atoms with Gasteiger partial charge in [-0.05, 0) is 25.0 Å². The lowest BCUT2D eigenvalue weighted by molar-refractivity contribution is -0.150. The summed E-state index contributed by atoms with van der Waals surface area (Å²) in [6.07, 6.45) is 2.83. The summed E-state index contributed by atoms with van der Waals surface area (Å²) in [5.41, 5.74) is -0.359. The van der Waals surface area contributed by atoms with Crippen molar-refractivity contribution in [2.75, 3.05) is 19.5 Å². The van der Waals surface area contributed by atoms with Crippen LogP contribution in [0.2, 0.25) is 0 Å². The van der Waals surface area contributed by atoms with Crippen LogP contribution < -0.4 is 14.8 Å². The van der Waals surface area contributed by atoms with E-state index in [4.69, 9.17) is 9.47 Å². The van der Waals surface area contributed by atoms with Crippen molar-refractivity contribution < 1.29 is 24.2 Å². The van der Waals surface area contributed by atoms with Crippen molar-refractivity contribution >= 4 is 17.6 Å². The number of aliphatic carboxylic acids is 1. The van der Waals surface area contributed by atoms with Gasteiger partial charge in [-0.1, -0.05) is 12.8 Å². The number of rotatable bonds is 6. The normalized spacial score (nSPS) is 16.1. The van der Waals surface area contributed by atoms with E-state index < -0.39 is 11.4 Å². The maximum Gasteiger partial charge on any atom is 0.310 e. The van der Waals surface area contributed by atoms with Gasteiger partial charge in [0.1, 0.15) is 0 Å². The number of hydrogen-bond acceptors (Lipinski definition) is 4. The summed E-state index contributed by atoms with van der Waals surface area (Å²) in [7, 11) is 3.05. The van der Waals surface area contributed by atoms with Crippen LogP contribution in [-0.4, -0.2) is 31.2 Å². The molecule has 1 aliphatic carbocycles. The van der Waals surface area contributed by atoms with Crippen molar-refractivity contribution in [3.05, 3.63) is 18.2 Å². The zero-order chi connectivity index (χ0) is 16.2. The van der Waals surface area contributed by atoms with Crippen molar-refractivity contribution in [1.29, 1.82) is 0 Å². The molecule has 22 heavy (non-hydrogen) atoms. The smallest absolute Gasteiger partial charge is 0.310 e. The Hall–Kier alpha value is -2.24. The molecule has 0 bridgehead atoms. The average Bonchev–Trinajstić information content (AvgIpc) is 2.96. The van der Waals surface area contributed by atoms with E-state index in [0.717, 1.165) is 12.8 Å². The molecule has 0 spiro atoms. The second-order valence-corrected chi connectivity index (χ2v) is 5.59. The summed E-state index contributed by atoms with van der Waals surface area (Å²) in [5, 5.41) is 12.1. The Kier molecular flexibility index (Phi) is 4.90. The Morgan fingerprint density at radius 1 is 1.18 bits per heavy atom. The van der Waals surface area contributed by atoms with Crippen LogP contribution in [0.25, 0.3) is 0 Å². The number of benzene rings is 1. The standard InChI is InChI=1S/C16H21NO5/c1-21-12-6-5-11(9-13(12)22-2)17-14(18)10-16(15(19)20)7-3-4-8-16/h5-6,9H,3-4,7-8,10H2,1-2H3,(H,17,18)(H,19,20). The number of carbonyl (C=O) groups is 2. The average molecular weight is 307 g/mol. The Bertz CT molecular complexity index is 564. The first kappa shape index (κ1) is 16.1. The number of hydrogen-bond donors (Lipinski definition) is 2. The molecule has 0 atom stereocenters. The molecule has 0 unspecified atom stereocenters. The molecular formula is C16H21NO5. The van der Waals surface area contributed by atoms with E-state index in [1.165, 1.54) is 14.2 Å². The minimum atomic E-state index is -0.916. The van der Waals surface area contributed by atoms with E-state index >= 15 is 0 Å². The highest BCUT2D eigenvalue weighted by Crippen LogP contribution is 2.41. The molecule has 0 aromatic heterocycles. The third-order valence-corrected chi connectivity index (χ3v) is 4.18. The molecule has 1 aromatic carbocycles. The zero-order valence-electron chi connectivity index (χ0n) is 12.8. The zero-order valence-corrected chi connectivity index (χ0v) is 12.8. The Morgan fingerprint density at radius 3 is 2.36 bits per heavy atom. The monoisotopic (exact) mass is 307 g/mol. The van der Waals surface area contributed by atoms with E-state index in [0.29, 0.717) is 30.0 Å². The number of amides is 1. The lowest BCUT2D eigenvalue weighted by Gasteiger charge is -2.23. The topological polar surface area (TPSA) is 84.9 Å². The third kappa shape index (κ3) is 3.32. The fourth-order valence-corrected chi connectivity index (χ4v) is 2.94. The van der Waals surface area contributed by atoms with E-state index in [2.05, 4.69) is 5.32 Å². The van der Waals surface area contributed by atoms with E-state index in [9.17, 15) is 14.7 Å². The van der Waals surface area contributed by atoms with E-state index in [1.807, 2.05) is 0 Å². The molecule has 1 fully saturated rings. The fraction of sp³-hybridized carbons (Fsp3) is 0.500. The summed E-state index contributed by atoms with van der Waals surface area (Å²) in [5.74, 6) is -0.101. The van der Waals surface area contributed by atoms with Gasteiger partial charge in [0.2, 0.25) is 5.91 Å². The largest absolute Gasteiger partial charge is 0.493 e. The second-order valence-electron chi connectivity index (χ2n) is 5.59. The molecule has 1 aromatic rings. The summed E-state index contributed by atoms with van der Waals surface area (Å²) in [6, 6.07) is 5.04. The van der Waals surface area contributed by atoms with Crippen LogP contribution in [0.5, 0.6) is 11.5 Å². The molecular weight excluding hydrogens is 286 g/mol. The molecule has 2 N–H and O–H groups in total. The molecule has 0 aliphatic heterocycles. The molecule has 6 heteroatoms. The van der Waals surface area contributed by atoms with Crippen LogP contribution in [0, 0.1) is 5.41 Å². The van der Waals surface area contributed by atoms with Crippen LogP contribution in [0.15, 0.2) is 18.2 Å². The van der Waals surface area contributed by atoms with Crippen LogP contribution in [0.4, 0.5) is 5.69 Å². The highest BCUT2D eigenvalue weighted by molar-refractivity contribution is 5.94. The SMILES string of the molecule is COc1ccc(NC(=O)CC2(C(=O)O)CCCC2)cc1OC. The summed E-state index contributed by atoms with van der Waals surface area (Å²) in [6.45, 7) is 0. The molecule has 2 rings (SSSR count). The Balaban J connectivity index is 2.07. The number of methoxy groups -OCH3 is 2. The summed E-state index contributed by atoms with van der Waals surface area (Å²) < 4.78 is 10.3. The first-order valence-corrected chi connectivity index (χ1v) is 7.26. The fourth-order valence-electron chi connectivity index (χ4n) is 2.94. The van der Waals surface area contributed by atoms with Gasteiger partial charge in [0.15, 0.2) is 11.5 Å². The lowest BCUT2D eigenvalue weighted by atomic mass is 9.82. The van der Waals surface area contributed by atoms with Crippen LogP contribution in [0.3, 0.4) is 0 Å². The molecule has 1 amide bonds. The van der Waals surface area contributed by atoms with E-state index in [1.54, 1.807) is 18.2 Å². The minimum absolute atomic E-state index is 0.00330. The predicted molar refractivity (Wildman–Crippen MR) is 81.3 cm³/mol. The van der Waals surface area contributed by atoms with Gasteiger partial charge in [-0.3, -0.25) is 9.59 Å². The molecule has 6 nitrogen and oxygen atoms in total. The Labute approximate surface area is 129 Å². The van der Waals surface area contributed by atoms with Gasteiger partial charge in [0.05, 0.1) is 19.6 Å². The Morgan fingerprint density at radius 2 is 1.82 bits per heavy atom. The first-order chi connectivity index (χ1) is 10.5. The third-order valence-electron chi connectivity index (χ3n) is 4.18. The van der Waals surface area contributed by atoms with Gasteiger partial charge in [0.25, 0.3) is 0 Å². The van der Waals surface area contributed by atoms with Gasteiger partial charge < -0.3 is 19.9 Å². The number of carboxylic acids is 1. The molecule has 0 saturated heterocycles. The number of carbonyl (C=O) groups excluding carboxylic acids is 1. The van der Waals surface area contributed by atoms with Gasteiger partial charge in [-0.15, -0.1) is 0 Å². The number of carboxylic acid groups (broad SMARTS) is 1. The quantitative estimate of drug-likeness (QED) is 0.844. The maximum atomic E-state index is 12.2. The van der Waals surface area contributed by atoms with Gasteiger partial charge in [-0.25, -0.2) is 0 Å². The molecule has 120 valence electrons. The maximum absolute atomic E-state index is 12.2. The molecule has 1 aliphatic rings. The second kappa shape index (κ2) is 6.68. The van der Waals surface area contributed by atoms with Crippen LogP contribution >= 0.6 is 0 Å². The molecule has 1 saturated carbocycles. The lowest BCUT2D eigenvalue weighted by Crippen LogP contribution is -2.32. The van der Waals surface area contributed by atoms with Crippen molar-refractivity contribution in [3.8, 4) is 11.5 Å². The van der Waals surface area contributed by atoms with Gasteiger partial charge >= 0.3 is 5.97 Å². The van der Waals surface area contributed by atoms with Crippen molar-refractivity contribution in [3.63, 3.8) is 0 Å². The highest BCUT2D eigenvalue weighted by atomic mass is 16.5. The first-order valence-electron chi connectivity index (χ1n) is 7.26. The minimum Gasteiger partial charge on any atom is -0.493 e. The summed E-state index contributed by atoms with van der Waals surface area (Å²) in [4.78, 5) is 23.7. The molecule has 0 heterocycles. The summed E-state index contributed by atoms with van der Waals surface area (Å²) >= 11 is 0. The van der Waals surface area contributed by atoms with E-state index in [-0.39, 0.29) is 12.3 Å². The number of nitrogens with one attached hydrogen (secondary N) is 1. The van der Waals surface area contributed by atoms with Crippen molar-refractivity contribution in [2.24, 2.45) is 5.41 Å². The predicted octanol–water partition coefficient (Wildman–Crippen LogP) is 2.68. The van der Waals surface area contributed by atoms with Gasteiger partial charge in [0, 0.05) is 18.2 Å².